The van der Waals surface area contributed by atoms with Crippen LogP contribution in [0.5, 0.6) is 5.75 Å². The molecular formula is C13H14FNO4. The minimum absolute atomic E-state index is 0.115. The Balaban J connectivity index is 2.39. The van der Waals surface area contributed by atoms with Gasteiger partial charge in [-0.2, -0.15) is 0 Å². The van der Waals surface area contributed by atoms with E-state index in [0.717, 1.165) is 12.2 Å². The van der Waals surface area contributed by atoms with Gasteiger partial charge in [-0.25, -0.2) is 9.18 Å². The zero-order valence-electron chi connectivity index (χ0n) is 10.4. The normalized spacial score (nSPS) is 10.4. The standard InChI is InChI=1S/C13H14FNO4/c1-15(12(16)6-7-13(17)18)8-9-19-11-5-3-2-4-10(11)14/h2-7H,8-9H2,1H3,(H,17,18)/b7-6+. The van der Waals surface area contributed by atoms with Gasteiger partial charge in [-0.15, -0.1) is 0 Å². The van der Waals surface area contributed by atoms with Crippen molar-refractivity contribution in [3.63, 3.8) is 0 Å². The second-order valence-electron chi connectivity index (χ2n) is 3.71. The molecule has 5 nitrogen and oxygen atoms in total. The maximum atomic E-state index is 13.2. The lowest BCUT2D eigenvalue weighted by atomic mass is 10.3. The first kappa shape index (κ1) is 14.7. The van der Waals surface area contributed by atoms with Gasteiger partial charge in [0.15, 0.2) is 11.6 Å². The highest BCUT2D eigenvalue weighted by atomic mass is 19.1. The van der Waals surface area contributed by atoms with E-state index in [1.54, 1.807) is 12.1 Å². The Labute approximate surface area is 109 Å². The Morgan fingerprint density at radius 2 is 2.05 bits per heavy atom. The molecule has 0 aromatic heterocycles. The highest BCUT2D eigenvalue weighted by Crippen LogP contribution is 2.14. The number of ether oxygens (including phenoxy) is 1. The number of amides is 1. The molecule has 1 aromatic carbocycles. The average molecular weight is 267 g/mol. The molecule has 0 saturated heterocycles. The van der Waals surface area contributed by atoms with Gasteiger partial charge in [0.1, 0.15) is 6.61 Å². The van der Waals surface area contributed by atoms with Crippen LogP contribution in [0.15, 0.2) is 36.4 Å². The molecule has 0 aliphatic heterocycles. The largest absolute Gasteiger partial charge is 0.489 e. The van der Waals surface area contributed by atoms with Crippen LogP contribution in [0.2, 0.25) is 0 Å². The van der Waals surface area contributed by atoms with Gasteiger partial charge < -0.3 is 14.7 Å². The number of carboxylic acid groups (broad SMARTS) is 1. The SMILES string of the molecule is CN(CCOc1ccccc1F)C(=O)/C=C/C(=O)O. The second kappa shape index (κ2) is 7.15. The van der Waals surface area contributed by atoms with Crippen molar-refractivity contribution in [1.82, 2.24) is 4.90 Å². The summed E-state index contributed by atoms with van der Waals surface area (Å²) in [6.07, 6.45) is 1.71. The number of carboxylic acids is 1. The van der Waals surface area contributed by atoms with Crippen molar-refractivity contribution in [2.75, 3.05) is 20.2 Å². The maximum absolute atomic E-state index is 13.2. The topological polar surface area (TPSA) is 66.8 Å². The van der Waals surface area contributed by atoms with E-state index in [2.05, 4.69) is 0 Å². The van der Waals surface area contributed by atoms with Crippen LogP contribution >= 0.6 is 0 Å². The Bertz CT molecular complexity index is 487. The molecule has 0 atom stereocenters. The first-order valence-electron chi connectivity index (χ1n) is 5.54. The number of aliphatic carboxylic acids is 1. The van der Waals surface area contributed by atoms with Gasteiger partial charge in [-0.05, 0) is 12.1 Å². The molecule has 0 saturated carbocycles. The number of carbonyl (C=O) groups is 2. The van der Waals surface area contributed by atoms with Gasteiger partial charge in [-0.3, -0.25) is 4.79 Å². The molecule has 1 N–H and O–H groups in total. The minimum Gasteiger partial charge on any atom is -0.489 e. The molecule has 0 aliphatic carbocycles. The lowest BCUT2D eigenvalue weighted by molar-refractivity contribution is -0.132. The van der Waals surface area contributed by atoms with E-state index in [0.29, 0.717) is 0 Å². The number of likely N-dealkylation sites (N-methyl/N-ethyl adjacent to an activating group) is 1. The Hall–Kier alpha value is -2.37. The van der Waals surface area contributed by atoms with E-state index in [1.807, 2.05) is 0 Å². The first-order chi connectivity index (χ1) is 9.00. The van der Waals surface area contributed by atoms with Gasteiger partial charge >= 0.3 is 5.97 Å². The second-order valence-corrected chi connectivity index (χ2v) is 3.71. The number of para-hydroxylation sites is 1. The molecule has 1 amide bonds. The van der Waals surface area contributed by atoms with Crippen LogP contribution in [0.25, 0.3) is 0 Å². The molecule has 0 spiro atoms. The Kier molecular flexibility index (Phi) is 5.53. The van der Waals surface area contributed by atoms with E-state index < -0.39 is 17.7 Å². The number of benzene rings is 1. The van der Waals surface area contributed by atoms with E-state index in [-0.39, 0.29) is 18.9 Å². The van der Waals surface area contributed by atoms with Crippen molar-refractivity contribution in [2.24, 2.45) is 0 Å². The molecule has 1 rings (SSSR count). The molecule has 0 fully saturated rings. The van der Waals surface area contributed by atoms with Crippen molar-refractivity contribution in [1.29, 1.82) is 0 Å². The Morgan fingerprint density at radius 3 is 2.68 bits per heavy atom. The zero-order valence-corrected chi connectivity index (χ0v) is 10.4. The number of hydrogen-bond acceptors (Lipinski definition) is 3. The third-order valence-corrected chi connectivity index (χ3v) is 2.27. The highest BCUT2D eigenvalue weighted by Gasteiger charge is 2.06. The molecule has 0 unspecified atom stereocenters. The molecule has 19 heavy (non-hydrogen) atoms. The summed E-state index contributed by atoms with van der Waals surface area (Å²) >= 11 is 0. The molecule has 102 valence electrons. The molecule has 0 heterocycles. The minimum atomic E-state index is -1.19. The van der Waals surface area contributed by atoms with Crippen LogP contribution in [0.4, 0.5) is 4.39 Å². The fourth-order valence-electron chi connectivity index (χ4n) is 1.23. The Morgan fingerprint density at radius 1 is 1.37 bits per heavy atom. The van der Waals surface area contributed by atoms with Crippen LogP contribution in [0, 0.1) is 5.82 Å². The summed E-state index contributed by atoms with van der Waals surface area (Å²) in [4.78, 5) is 22.9. The zero-order chi connectivity index (χ0) is 14.3. The summed E-state index contributed by atoms with van der Waals surface area (Å²) in [6.45, 7) is 0.335. The lowest BCUT2D eigenvalue weighted by Crippen LogP contribution is -2.29. The van der Waals surface area contributed by atoms with E-state index >= 15 is 0 Å². The van der Waals surface area contributed by atoms with Gasteiger partial charge in [0.25, 0.3) is 0 Å². The van der Waals surface area contributed by atoms with Crippen molar-refractivity contribution >= 4 is 11.9 Å². The summed E-state index contributed by atoms with van der Waals surface area (Å²) in [5.41, 5.74) is 0. The van der Waals surface area contributed by atoms with Gasteiger partial charge in [0, 0.05) is 19.2 Å². The summed E-state index contributed by atoms with van der Waals surface area (Å²) in [6, 6.07) is 5.96. The molecule has 1 aromatic rings. The van der Waals surface area contributed by atoms with E-state index in [9.17, 15) is 14.0 Å². The van der Waals surface area contributed by atoms with Gasteiger partial charge in [0.2, 0.25) is 5.91 Å². The average Bonchev–Trinajstić information content (AvgIpc) is 2.38. The van der Waals surface area contributed by atoms with Crippen molar-refractivity contribution < 1.29 is 23.8 Å². The summed E-state index contributed by atoms with van der Waals surface area (Å²) in [7, 11) is 1.50. The molecule has 0 radical (unpaired) electrons. The predicted octanol–water partition coefficient (Wildman–Crippen LogP) is 1.30. The van der Waals surface area contributed by atoms with Crippen molar-refractivity contribution in [3.8, 4) is 5.75 Å². The maximum Gasteiger partial charge on any atom is 0.328 e. The van der Waals surface area contributed by atoms with Crippen LogP contribution in [-0.2, 0) is 9.59 Å². The van der Waals surface area contributed by atoms with E-state index in [4.69, 9.17) is 9.84 Å². The molecule has 6 heteroatoms. The fraction of sp³-hybridized carbons (Fsp3) is 0.231. The summed E-state index contributed by atoms with van der Waals surface area (Å²) in [5, 5.41) is 8.38. The fourth-order valence-corrected chi connectivity index (χ4v) is 1.23. The van der Waals surface area contributed by atoms with Crippen LogP contribution < -0.4 is 4.74 Å². The summed E-state index contributed by atoms with van der Waals surface area (Å²) in [5.74, 6) is -2.00. The monoisotopic (exact) mass is 267 g/mol. The van der Waals surface area contributed by atoms with Crippen LogP contribution in [-0.4, -0.2) is 42.1 Å². The van der Waals surface area contributed by atoms with Gasteiger partial charge in [-0.1, -0.05) is 12.1 Å². The molecule has 0 bridgehead atoms. The highest BCUT2D eigenvalue weighted by molar-refractivity contribution is 5.93. The summed E-state index contributed by atoms with van der Waals surface area (Å²) < 4.78 is 18.4. The number of rotatable bonds is 6. The lowest BCUT2D eigenvalue weighted by Gasteiger charge is -2.15. The van der Waals surface area contributed by atoms with Gasteiger partial charge in [0.05, 0.1) is 6.54 Å². The third-order valence-electron chi connectivity index (χ3n) is 2.27. The number of halogens is 1. The number of nitrogens with zero attached hydrogens (tertiary/aromatic N) is 1. The third kappa shape index (κ3) is 5.20. The van der Waals surface area contributed by atoms with Crippen LogP contribution in [0.3, 0.4) is 0 Å². The quantitative estimate of drug-likeness (QED) is 0.789. The van der Waals surface area contributed by atoms with Crippen molar-refractivity contribution in [3.05, 3.63) is 42.2 Å². The van der Waals surface area contributed by atoms with Crippen molar-refractivity contribution in [2.45, 2.75) is 0 Å². The number of hydrogen-bond donors (Lipinski definition) is 1. The predicted molar refractivity (Wildman–Crippen MR) is 66.3 cm³/mol. The molecular weight excluding hydrogens is 253 g/mol. The molecule has 0 aliphatic rings. The first-order valence-corrected chi connectivity index (χ1v) is 5.54. The van der Waals surface area contributed by atoms with E-state index in [1.165, 1.54) is 24.1 Å². The smallest absolute Gasteiger partial charge is 0.328 e. The van der Waals surface area contributed by atoms with Crippen LogP contribution in [0.1, 0.15) is 0 Å². The number of carbonyl (C=O) groups excluding carboxylic acids is 1.